The van der Waals surface area contributed by atoms with E-state index in [1.54, 1.807) is 42.0 Å². The van der Waals surface area contributed by atoms with Gasteiger partial charge in [-0.1, -0.05) is 6.92 Å². The highest BCUT2D eigenvalue weighted by atomic mass is 79.9. The molecule has 0 bridgehead atoms. The highest BCUT2D eigenvalue weighted by Crippen LogP contribution is 2.34. The third-order valence-corrected chi connectivity index (χ3v) is 4.94. The number of benzene rings is 1. The molecule has 0 aliphatic heterocycles. The van der Waals surface area contributed by atoms with E-state index in [4.69, 9.17) is 4.74 Å². The van der Waals surface area contributed by atoms with Gasteiger partial charge in [-0.15, -0.1) is 0 Å². The summed E-state index contributed by atoms with van der Waals surface area (Å²) in [5.41, 5.74) is 2.35. The molecule has 0 saturated carbocycles. The molecule has 5 nitrogen and oxygen atoms in total. The van der Waals surface area contributed by atoms with Gasteiger partial charge in [0.25, 0.3) is 0 Å². The lowest BCUT2D eigenvalue weighted by atomic mass is 10.1. The number of hydrogen-bond acceptors (Lipinski definition) is 4. The van der Waals surface area contributed by atoms with Gasteiger partial charge in [0.15, 0.2) is 0 Å². The maximum absolute atomic E-state index is 13.1. The zero-order chi connectivity index (χ0) is 17.4. The van der Waals surface area contributed by atoms with Crippen LogP contribution in [-0.2, 0) is 6.42 Å². The largest absolute Gasteiger partial charge is 0.506 e. The summed E-state index contributed by atoms with van der Waals surface area (Å²) in [5, 5.41) is 9.84. The van der Waals surface area contributed by atoms with Gasteiger partial charge in [0.05, 0.1) is 21.7 Å². The number of carbonyl (C=O) groups is 1. The number of carbonyl (C=O) groups excluding carboxylic acids is 1. The molecular formula is C17H14Br2N2O3. The van der Waals surface area contributed by atoms with Gasteiger partial charge in [-0.3, -0.25) is 9.20 Å². The summed E-state index contributed by atoms with van der Waals surface area (Å²) in [4.78, 5) is 17.6. The molecule has 3 aromatic rings. The zero-order valence-corrected chi connectivity index (χ0v) is 16.2. The lowest BCUT2D eigenvalue weighted by molar-refractivity contribution is 0.103. The number of methoxy groups -OCH3 is 1. The second-order valence-corrected chi connectivity index (χ2v) is 6.88. The zero-order valence-electron chi connectivity index (χ0n) is 13.0. The first kappa shape index (κ1) is 17.0. The molecule has 1 aromatic carbocycles. The second kappa shape index (κ2) is 6.57. The molecule has 0 saturated heterocycles. The second-order valence-electron chi connectivity index (χ2n) is 5.17. The van der Waals surface area contributed by atoms with Gasteiger partial charge >= 0.3 is 0 Å². The molecule has 2 aromatic heterocycles. The average Bonchev–Trinajstić information content (AvgIpc) is 2.95. The van der Waals surface area contributed by atoms with Gasteiger partial charge < -0.3 is 9.84 Å². The Bertz CT molecular complexity index is 927. The number of aromatic hydroxyl groups is 1. The first-order valence-electron chi connectivity index (χ1n) is 7.24. The Kier molecular flexibility index (Phi) is 4.64. The predicted octanol–water partition coefficient (Wildman–Crippen LogP) is 4.37. The van der Waals surface area contributed by atoms with Crippen molar-refractivity contribution >= 4 is 43.3 Å². The van der Waals surface area contributed by atoms with Crippen molar-refractivity contribution < 1.29 is 14.6 Å². The third kappa shape index (κ3) is 2.82. The summed E-state index contributed by atoms with van der Waals surface area (Å²) in [7, 11) is 1.59. The Labute approximate surface area is 155 Å². The highest BCUT2D eigenvalue weighted by molar-refractivity contribution is 9.11. The van der Waals surface area contributed by atoms with E-state index in [-0.39, 0.29) is 11.5 Å². The summed E-state index contributed by atoms with van der Waals surface area (Å²) in [6, 6.07) is 6.78. The molecule has 0 unspecified atom stereocenters. The van der Waals surface area contributed by atoms with Crippen molar-refractivity contribution in [1.29, 1.82) is 0 Å². The van der Waals surface area contributed by atoms with Gasteiger partial charge in [-0.05, 0) is 56.5 Å². The minimum atomic E-state index is -0.161. The van der Waals surface area contributed by atoms with Gasteiger partial charge in [0.1, 0.15) is 22.8 Å². The number of ether oxygens (including phenoxy) is 1. The molecule has 7 heteroatoms. The maximum Gasteiger partial charge on any atom is 0.211 e. The number of fused-ring (bicyclic) bond motifs is 1. The number of aromatic nitrogens is 2. The van der Waals surface area contributed by atoms with Crippen LogP contribution in [0.4, 0.5) is 0 Å². The predicted molar refractivity (Wildman–Crippen MR) is 98.1 cm³/mol. The molecule has 0 fully saturated rings. The molecule has 1 N–H and O–H groups in total. The van der Waals surface area contributed by atoms with Crippen LogP contribution in [0.5, 0.6) is 11.5 Å². The molecular weight excluding hydrogens is 440 g/mol. The SMILES string of the molecule is CCc1nc2cc(OC)ccn2c1C(=O)c1cc(Br)c(O)c(Br)c1. The van der Waals surface area contributed by atoms with E-state index in [0.717, 1.165) is 0 Å². The van der Waals surface area contributed by atoms with Crippen LogP contribution in [0.1, 0.15) is 28.7 Å². The Morgan fingerprint density at radius 2 is 1.96 bits per heavy atom. The van der Waals surface area contributed by atoms with Crippen LogP contribution in [0.2, 0.25) is 0 Å². The Morgan fingerprint density at radius 3 is 2.54 bits per heavy atom. The van der Waals surface area contributed by atoms with Crippen LogP contribution < -0.4 is 4.74 Å². The van der Waals surface area contributed by atoms with Crippen LogP contribution in [0, 0.1) is 0 Å². The summed E-state index contributed by atoms with van der Waals surface area (Å²) in [5.74, 6) is 0.584. The molecule has 3 rings (SSSR count). The fourth-order valence-electron chi connectivity index (χ4n) is 2.52. The minimum Gasteiger partial charge on any atom is -0.506 e. The quantitative estimate of drug-likeness (QED) is 0.596. The number of aryl methyl sites for hydroxylation is 1. The van der Waals surface area contributed by atoms with E-state index in [2.05, 4.69) is 36.8 Å². The Balaban J connectivity index is 2.19. The van der Waals surface area contributed by atoms with Crippen molar-refractivity contribution in [3.05, 3.63) is 56.4 Å². The van der Waals surface area contributed by atoms with E-state index >= 15 is 0 Å². The first-order chi connectivity index (χ1) is 11.5. The lowest BCUT2D eigenvalue weighted by Crippen LogP contribution is -2.08. The highest BCUT2D eigenvalue weighted by Gasteiger charge is 2.21. The topological polar surface area (TPSA) is 63.8 Å². The Morgan fingerprint density at radius 1 is 1.29 bits per heavy atom. The van der Waals surface area contributed by atoms with Crippen molar-refractivity contribution in [3.63, 3.8) is 0 Å². The Hall–Kier alpha value is -1.86. The van der Waals surface area contributed by atoms with E-state index in [0.29, 0.717) is 43.7 Å². The number of halogens is 2. The fraction of sp³-hybridized carbons (Fsp3) is 0.176. The molecule has 24 heavy (non-hydrogen) atoms. The molecule has 0 aliphatic carbocycles. The standard InChI is InChI=1S/C17H14Br2N2O3/c1-3-13-15(21-5-4-10(24-2)8-14(21)20-13)16(22)9-6-11(18)17(23)12(19)7-9/h4-8,23H,3H2,1-2H3. The molecule has 2 heterocycles. The molecule has 0 aliphatic rings. The van der Waals surface area contributed by atoms with E-state index in [9.17, 15) is 9.90 Å². The smallest absolute Gasteiger partial charge is 0.211 e. The van der Waals surface area contributed by atoms with Crippen LogP contribution >= 0.6 is 31.9 Å². The van der Waals surface area contributed by atoms with Crippen molar-refractivity contribution in [1.82, 2.24) is 9.38 Å². The monoisotopic (exact) mass is 452 g/mol. The summed E-state index contributed by atoms with van der Waals surface area (Å²) in [6.45, 7) is 1.96. The van der Waals surface area contributed by atoms with Crippen molar-refractivity contribution in [2.24, 2.45) is 0 Å². The molecule has 0 atom stereocenters. The lowest BCUT2D eigenvalue weighted by Gasteiger charge is -2.07. The van der Waals surface area contributed by atoms with E-state index in [1.807, 2.05) is 6.92 Å². The molecule has 0 amide bonds. The number of phenols is 1. The molecule has 0 radical (unpaired) electrons. The maximum atomic E-state index is 13.1. The fourth-order valence-corrected chi connectivity index (χ4v) is 3.71. The summed E-state index contributed by atoms with van der Waals surface area (Å²) < 4.78 is 7.88. The van der Waals surface area contributed by atoms with Gasteiger partial charge in [0.2, 0.25) is 5.78 Å². The number of imidazole rings is 1. The summed E-state index contributed by atoms with van der Waals surface area (Å²) >= 11 is 6.52. The normalized spacial score (nSPS) is 11.0. The van der Waals surface area contributed by atoms with Gasteiger partial charge in [-0.25, -0.2) is 4.98 Å². The molecule has 124 valence electrons. The van der Waals surface area contributed by atoms with Crippen molar-refractivity contribution in [2.75, 3.05) is 7.11 Å². The number of pyridine rings is 1. The molecule has 0 spiro atoms. The van der Waals surface area contributed by atoms with Crippen LogP contribution in [-0.4, -0.2) is 27.4 Å². The third-order valence-electron chi connectivity index (χ3n) is 3.73. The number of ketones is 1. The number of nitrogens with zero attached hydrogens (tertiary/aromatic N) is 2. The van der Waals surface area contributed by atoms with Crippen LogP contribution in [0.15, 0.2) is 39.4 Å². The van der Waals surface area contributed by atoms with Crippen molar-refractivity contribution in [3.8, 4) is 11.5 Å². The van der Waals surface area contributed by atoms with Crippen LogP contribution in [0.25, 0.3) is 5.65 Å². The number of hydrogen-bond donors (Lipinski definition) is 1. The van der Waals surface area contributed by atoms with E-state index in [1.165, 1.54) is 0 Å². The number of phenolic OH excluding ortho intramolecular Hbond substituents is 1. The average molecular weight is 454 g/mol. The van der Waals surface area contributed by atoms with Gasteiger partial charge in [-0.2, -0.15) is 0 Å². The minimum absolute atomic E-state index is 0.0603. The first-order valence-corrected chi connectivity index (χ1v) is 8.82. The van der Waals surface area contributed by atoms with Crippen LogP contribution in [0.3, 0.4) is 0 Å². The van der Waals surface area contributed by atoms with Crippen molar-refractivity contribution in [2.45, 2.75) is 13.3 Å². The number of rotatable bonds is 4. The van der Waals surface area contributed by atoms with E-state index < -0.39 is 0 Å². The summed E-state index contributed by atoms with van der Waals surface area (Å²) in [6.07, 6.45) is 2.41. The van der Waals surface area contributed by atoms with Gasteiger partial charge in [0, 0.05) is 17.8 Å².